The number of rotatable bonds is 3. The largest absolute Gasteiger partial charge is 0.415 e. The third kappa shape index (κ3) is 3.73. The SMILES string of the molecule is Cc1nnc2sc(C(=O)NC3CCN(C(=O)Oc4ccccc4)C3)c(N)c2c1C. The van der Waals surface area contributed by atoms with E-state index in [0.29, 0.717) is 40.7 Å². The molecule has 1 unspecified atom stereocenters. The molecule has 0 aliphatic carbocycles. The summed E-state index contributed by atoms with van der Waals surface area (Å²) in [4.78, 5) is 27.8. The van der Waals surface area contributed by atoms with E-state index in [0.717, 1.165) is 16.6 Å². The molecule has 9 heteroatoms. The number of carbonyl (C=O) groups excluding carboxylic acids is 2. The Hall–Kier alpha value is -3.20. The molecule has 1 saturated heterocycles. The summed E-state index contributed by atoms with van der Waals surface area (Å²) in [5.74, 6) is 0.237. The van der Waals surface area contributed by atoms with Crippen molar-refractivity contribution >= 4 is 39.2 Å². The number of nitrogens with zero attached hydrogens (tertiary/aromatic N) is 3. The molecule has 1 aliphatic heterocycles. The van der Waals surface area contributed by atoms with Crippen LogP contribution in [0.2, 0.25) is 0 Å². The van der Waals surface area contributed by atoms with Gasteiger partial charge in [0.2, 0.25) is 0 Å². The predicted octanol–water partition coefficient (Wildman–Crippen LogP) is 2.89. The number of thiophene rings is 1. The minimum Gasteiger partial charge on any atom is -0.410 e. The third-order valence-electron chi connectivity index (χ3n) is 5.07. The number of aromatic nitrogens is 2. The van der Waals surface area contributed by atoms with Gasteiger partial charge in [-0.3, -0.25) is 4.79 Å². The molecule has 0 saturated carbocycles. The van der Waals surface area contributed by atoms with Gasteiger partial charge >= 0.3 is 6.09 Å². The number of hydrogen-bond acceptors (Lipinski definition) is 7. The molecular weight excluding hydrogens is 390 g/mol. The van der Waals surface area contributed by atoms with Gasteiger partial charge in [0.25, 0.3) is 5.91 Å². The van der Waals surface area contributed by atoms with Crippen molar-refractivity contribution in [1.29, 1.82) is 0 Å². The van der Waals surface area contributed by atoms with Crippen molar-refractivity contribution in [3.8, 4) is 5.75 Å². The molecule has 1 aliphatic rings. The lowest BCUT2D eigenvalue weighted by molar-refractivity contribution is 0.0941. The maximum Gasteiger partial charge on any atom is 0.415 e. The Morgan fingerprint density at radius 3 is 2.76 bits per heavy atom. The molecule has 3 aromatic rings. The van der Waals surface area contributed by atoms with Crippen LogP contribution in [0.1, 0.15) is 27.3 Å². The normalized spacial score (nSPS) is 16.2. The van der Waals surface area contributed by atoms with Gasteiger partial charge in [-0.25, -0.2) is 4.79 Å². The van der Waals surface area contributed by atoms with Crippen LogP contribution in [0.15, 0.2) is 30.3 Å². The molecule has 0 radical (unpaired) electrons. The molecule has 0 spiro atoms. The Balaban J connectivity index is 1.42. The Bertz CT molecular complexity index is 1080. The summed E-state index contributed by atoms with van der Waals surface area (Å²) in [6.45, 7) is 4.69. The molecule has 29 heavy (non-hydrogen) atoms. The van der Waals surface area contributed by atoms with Gasteiger partial charge in [-0.15, -0.1) is 16.4 Å². The highest BCUT2D eigenvalue weighted by Crippen LogP contribution is 2.34. The molecule has 3 heterocycles. The molecule has 1 atom stereocenters. The van der Waals surface area contributed by atoms with Gasteiger partial charge in [-0.05, 0) is 38.0 Å². The van der Waals surface area contributed by atoms with E-state index in [1.165, 1.54) is 11.3 Å². The lowest BCUT2D eigenvalue weighted by Gasteiger charge is -2.16. The highest BCUT2D eigenvalue weighted by Gasteiger charge is 2.30. The Labute approximate surface area is 171 Å². The number of nitrogens with one attached hydrogen (secondary N) is 1. The number of ether oxygens (including phenoxy) is 1. The monoisotopic (exact) mass is 411 g/mol. The van der Waals surface area contributed by atoms with Crippen molar-refractivity contribution in [2.45, 2.75) is 26.3 Å². The van der Waals surface area contributed by atoms with Crippen molar-refractivity contribution in [2.24, 2.45) is 0 Å². The van der Waals surface area contributed by atoms with Crippen LogP contribution in [0.5, 0.6) is 5.75 Å². The number of hydrogen-bond donors (Lipinski definition) is 2. The van der Waals surface area contributed by atoms with Crippen LogP contribution in [0, 0.1) is 13.8 Å². The summed E-state index contributed by atoms with van der Waals surface area (Å²) in [7, 11) is 0. The quantitative estimate of drug-likeness (QED) is 0.686. The van der Waals surface area contributed by atoms with E-state index >= 15 is 0 Å². The molecule has 3 N–H and O–H groups in total. The minimum atomic E-state index is -0.421. The molecule has 0 bridgehead atoms. The maximum atomic E-state index is 12.8. The fourth-order valence-corrected chi connectivity index (χ4v) is 4.36. The van der Waals surface area contributed by atoms with Crippen LogP contribution >= 0.6 is 11.3 Å². The fraction of sp³-hybridized carbons (Fsp3) is 0.300. The minimum absolute atomic E-state index is 0.163. The summed E-state index contributed by atoms with van der Waals surface area (Å²) < 4.78 is 5.36. The second-order valence-corrected chi connectivity index (χ2v) is 8.02. The van der Waals surface area contributed by atoms with E-state index in [4.69, 9.17) is 10.5 Å². The number of para-hydroxylation sites is 1. The number of carbonyl (C=O) groups is 2. The zero-order chi connectivity index (χ0) is 20.5. The van der Waals surface area contributed by atoms with E-state index in [-0.39, 0.29) is 11.9 Å². The second kappa shape index (κ2) is 7.67. The van der Waals surface area contributed by atoms with Gasteiger partial charge in [-0.2, -0.15) is 5.10 Å². The van der Waals surface area contributed by atoms with Crippen molar-refractivity contribution < 1.29 is 14.3 Å². The molecule has 4 rings (SSSR count). The summed E-state index contributed by atoms with van der Waals surface area (Å²) >= 11 is 1.23. The summed E-state index contributed by atoms with van der Waals surface area (Å²) in [5, 5.41) is 12.0. The number of amides is 2. The molecule has 2 amide bonds. The molecular formula is C20H21N5O3S. The topological polar surface area (TPSA) is 110 Å². The van der Waals surface area contributed by atoms with Gasteiger partial charge in [0, 0.05) is 24.5 Å². The summed E-state index contributed by atoms with van der Waals surface area (Å²) in [6, 6.07) is 8.75. The maximum absolute atomic E-state index is 12.8. The summed E-state index contributed by atoms with van der Waals surface area (Å²) in [5.41, 5.74) is 8.39. The van der Waals surface area contributed by atoms with E-state index in [9.17, 15) is 9.59 Å². The third-order valence-corrected chi connectivity index (χ3v) is 6.16. The van der Waals surface area contributed by atoms with Gasteiger partial charge in [0.05, 0.1) is 11.4 Å². The Morgan fingerprint density at radius 2 is 2.00 bits per heavy atom. The van der Waals surface area contributed by atoms with Gasteiger partial charge in [-0.1, -0.05) is 18.2 Å². The zero-order valence-electron chi connectivity index (χ0n) is 16.1. The number of likely N-dealkylation sites (tertiary alicyclic amines) is 1. The second-order valence-electron chi connectivity index (χ2n) is 7.02. The predicted molar refractivity (Wildman–Crippen MR) is 111 cm³/mol. The number of anilines is 1. The Morgan fingerprint density at radius 1 is 1.24 bits per heavy atom. The number of aryl methyl sites for hydroxylation is 2. The van der Waals surface area contributed by atoms with Crippen molar-refractivity contribution in [3.63, 3.8) is 0 Å². The highest BCUT2D eigenvalue weighted by atomic mass is 32.1. The van der Waals surface area contributed by atoms with E-state index < -0.39 is 6.09 Å². The smallest absolute Gasteiger partial charge is 0.410 e. The molecule has 2 aromatic heterocycles. The first kappa shape index (κ1) is 19.1. The number of nitrogen functional groups attached to an aromatic ring is 1. The van der Waals surface area contributed by atoms with Gasteiger partial charge < -0.3 is 20.7 Å². The van der Waals surface area contributed by atoms with E-state index in [1.807, 2.05) is 19.9 Å². The molecule has 1 fully saturated rings. The molecule has 8 nitrogen and oxygen atoms in total. The van der Waals surface area contributed by atoms with Crippen LogP contribution in [0.4, 0.5) is 10.5 Å². The van der Waals surface area contributed by atoms with Crippen LogP contribution < -0.4 is 15.8 Å². The van der Waals surface area contributed by atoms with E-state index in [1.54, 1.807) is 29.2 Å². The molecule has 1 aromatic carbocycles. The number of nitrogens with two attached hydrogens (primary N) is 1. The fourth-order valence-electron chi connectivity index (χ4n) is 3.36. The highest BCUT2D eigenvalue weighted by molar-refractivity contribution is 7.21. The van der Waals surface area contributed by atoms with Crippen LogP contribution in [-0.4, -0.2) is 46.2 Å². The molecule has 150 valence electrons. The Kier molecular flexibility index (Phi) is 5.06. The van der Waals surface area contributed by atoms with Crippen molar-refractivity contribution in [1.82, 2.24) is 20.4 Å². The standard InChI is InChI=1S/C20H21N5O3S/c1-11-12(2)23-24-19-15(11)16(21)17(29-19)18(26)22-13-8-9-25(10-13)20(27)28-14-6-4-3-5-7-14/h3-7,13H,8-10,21H2,1-2H3,(H,22,26). The first-order valence-corrected chi connectivity index (χ1v) is 10.1. The summed E-state index contributed by atoms with van der Waals surface area (Å²) in [6.07, 6.45) is 0.231. The van der Waals surface area contributed by atoms with Crippen LogP contribution in [0.25, 0.3) is 10.2 Å². The lowest BCUT2D eigenvalue weighted by atomic mass is 10.1. The zero-order valence-corrected chi connectivity index (χ0v) is 17.0. The average molecular weight is 411 g/mol. The first-order valence-electron chi connectivity index (χ1n) is 9.28. The van der Waals surface area contributed by atoms with Crippen molar-refractivity contribution in [2.75, 3.05) is 18.8 Å². The van der Waals surface area contributed by atoms with Crippen molar-refractivity contribution in [3.05, 3.63) is 46.5 Å². The number of benzene rings is 1. The average Bonchev–Trinajstić information content (AvgIpc) is 3.30. The lowest BCUT2D eigenvalue weighted by Crippen LogP contribution is -2.39. The van der Waals surface area contributed by atoms with Crippen LogP contribution in [-0.2, 0) is 0 Å². The first-order chi connectivity index (χ1) is 13.9. The number of fused-ring (bicyclic) bond motifs is 1. The van der Waals surface area contributed by atoms with E-state index in [2.05, 4.69) is 15.5 Å². The van der Waals surface area contributed by atoms with Gasteiger partial charge in [0.15, 0.2) is 0 Å². The van der Waals surface area contributed by atoms with Crippen LogP contribution in [0.3, 0.4) is 0 Å². The van der Waals surface area contributed by atoms with Gasteiger partial charge in [0.1, 0.15) is 15.5 Å².